The van der Waals surface area contributed by atoms with Gasteiger partial charge < -0.3 is 16.2 Å². The van der Waals surface area contributed by atoms with Gasteiger partial charge in [-0.2, -0.15) is 0 Å². The van der Waals surface area contributed by atoms with Crippen LogP contribution in [-0.4, -0.2) is 18.9 Å². The summed E-state index contributed by atoms with van der Waals surface area (Å²) in [5, 5.41) is 0. The summed E-state index contributed by atoms with van der Waals surface area (Å²) >= 11 is 0. The van der Waals surface area contributed by atoms with Crippen LogP contribution in [0.2, 0.25) is 0 Å². The summed E-state index contributed by atoms with van der Waals surface area (Å²) in [6.07, 6.45) is 0.365. The van der Waals surface area contributed by atoms with Crippen LogP contribution in [0.15, 0.2) is 48.5 Å². The van der Waals surface area contributed by atoms with Crippen molar-refractivity contribution >= 4 is 11.8 Å². The van der Waals surface area contributed by atoms with E-state index in [1.807, 2.05) is 48.5 Å². The highest BCUT2D eigenvalue weighted by Crippen LogP contribution is 2.24. The highest BCUT2D eigenvalue weighted by molar-refractivity contribution is 5.84. The summed E-state index contributed by atoms with van der Waals surface area (Å²) < 4.78 is 5.22. The molecule has 0 fully saturated rings. The average molecular weight is 312 g/mol. The van der Waals surface area contributed by atoms with Crippen molar-refractivity contribution in [2.24, 2.45) is 17.4 Å². The van der Waals surface area contributed by atoms with Crippen LogP contribution in [0.5, 0.6) is 5.75 Å². The van der Waals surface area contributed by atoms with Crippen LogP contribution >= 0.6 is 0 Å². The molecule has 0 radical (unpaired) electrons. The first-order valence-corrected chi connectivity index (χ1v) is 7.30. The lowest BCUT2D eigenvalue weighted by molar-refractivity contribution is -0.126. The fraction of sp³-hybridized carbons (Fsp3) is 0.222. The number of amides is 2. The maximum atomic E-state index is 11.4. The quantitative estimate of drug-likeness (QED) is 0.817. The second kappa shape index (κ2) is 7.45. The Balaban J connectivity index is 2.15. The number of hydrogen-bond donors (Lipinski definition) is 2. The summed E-state index contributed by atoms with van der Waals surface area (Å²) in [5.41, 5.74) is 13.5. The largest absolute Gasteiger partial charge is 0.497 e. The molecule has 0 heterocycles. The third-order valence-corrected chi connectivity index (χ3v) is 3.69. The zero-order chi connectivity index (χ0) is 16.8. The summed E-state index contributed by atoms with van der Waals surface area (Å²) in [5.74, 6) is -0.820. The molecule has 0 saturated heterocycles. The van der Waals surface area contributed by atoms with E-state index < -0.39 is 17.7 Å². The lowest BCUT2D eigenvalue weighted by atomic mass is 9.94. The van der Waals surface area contributed by atoms with Gasteiger partial charge in [-0.1, -0.05) is 36.4 Å². The van der Waals surface area contributed by atoms with E-state index in [-0.39, 0.29) is 6.42 Å². The first-order chi connectivity index (χ1) is 11.0. The normalized spacial score (nSPS) is 11.7. The minimum atomic E-state index is -0.574. The Morgan fingerprint density at radius 1 is 1.04 bits per heavy atom. The summed E-state index contributed by atoms with van der Waals surface area (Å²) in [6, 6.07) is 15.5. The smallest absolute Gasteiger partial charge is 0.221 e. The maximum absolute atomic E-state index is 11.4. The highest BCUT2D eigenvalue weighted by atomic mass is 16.5. The van der Waals surface area contributed by atoms with Gasteiger partial charge in [0.2, 0.25) is 11.8 Å². The molecule has 5 heteroatoms. The molecule has 0 aliphatic carbocycles. The predicted octanol–water partition coefficient (Wildman–Crippen LogP) is 1.88. The van der Waals surface area contributed by atoms with Crippen molar-refractivity contribution in [1.29, 1.82) is 0 Å². The second-order valence-corrected chi connectivity index (χ2v) is 5.40. The van der Waals surface area contributed by atoms with E-state index in [2.05, 4.69) is 0 Å². The van der Waals surface area contributed by atoms with Crippen molar-refractivity contribution in [1.82, 2.24) is 0 Å². The Labute approximate surface area is 135 Å². The van der Waals surface area contributed by atoms with Crippen LogP contribution in [0.25, 0.3) is 11.1 Å². The number of benzene rings is 2. The van der Waals surface area contributed by atoms with Crippen LogP contribution in [-0.2, 0) is 16.0 Å². The molecule has 23 heavy (non-hydrogen) atoms. The van der Waals surface area contributed by atoms with Crippen molar-refractivity contribution < 1.29 is 14.3 Å². The minimum Gasteiger partial charge on any atom is -0.497 e. The summed E-state index contributed by atoms with van der Waals surface area (Å²) in [7, 11) is 1.63. The highest BCUT2D eigenvalue weighted by Gasteiger charge is 2.18. The molecular formula is C18H20N2O3. The SMILES string of the molecule is COc1cccc(-c2ccc(CC(CC(N)=O)C(N)=O)cc2)c1. The first kappa shape index (κ1) is 16.5. The number of nitrogens with two attached hydrogens (primary N) is 2. The van der Waals surface area contributed by atoms with Crippen LogP contribution in [0.4, 0.5) is 0 Å². The van der Waals surface area contributed by atoms with Crippen molar-refractivity contribution in [3.05, 3.63) is 54.1 Å². The van der Waals surface area contributed by atoms with E-state index in [1.54, 1.807) is 7.11 Å². The van der Waals surface area contributed by atoms with Gasteiger partial charge in [0.05, 0.1) is 13.0 Å². The van der Waals surface area contributed by atoms with Gasteiger partial charge in [0.1, 0.15) is 5.75 Å². The van der Waals surface area contributed by atoms with Crippen molar-refractivity contribution in [3.8, 4) is 16.9 Å². The molecule has 0 aliphatic heterocycles. The van der Waals surface area contributed by atoms with Crippen LogP contribution in [0, 0.1) is 5.92 Å². The molecule has 5 nitrogen and oxygen atoms in total. The van der Waals surface area contributed by atoms with Crippen LogP contribution in [0.3, 0.4) is 0 Å². The summed E-state index contributed by atoms with van der Waals surface area (Å²) in [6.45, 7) is 0. The molecule has 1 atom stereocenters. The van der Waals surface area contributed by atoms with Crippen LogP contribution in [0.1, 0.15) is 12.0 Å². The molecular weight excluding hydrogens is 292 g/mol. The Hall–Kier alpha value is -2.82. The first-order valence-electron chi connectivity index (χ1n) is 7.30. The average Bonchev–Trinajstić information content (AvgIpc) is 2.54. The summed E-state index contributed by atoms with van der Waals surface area (Å²) in [4.78, 5) is 22.4. The van der Waals surface area contributed by atoms with E-state index in [4.69, 9.17) is 16.2 Å². The number of rotatable bonds is 7. The van der Waals surface area contributed by atoms with E-state index in [0.29, 0.717) is 6.42 Å². The van der Waals surface area contributed by atoms with E-state index in [0.717, 1.165) is 22.4 Å². The molecule has 0 bridgehead atoms. The van der Waals surface area contributed by atoms with Gasteiger partial charge in [-0.25, -0.2) is 0 Å². The Morgan fingerprint density at radius 3 is 2.30 bits per heavy atom. The third kappa shape index (κ3) is 4.57. The Bertz CT molecular complexity index is 696. The van der Waals surface area contributed by atoms with E-state index in [9.17, 15) is 9.59 Å². The number of carbonyl (C=O) groups is 2. The molecule has 1 unspecified atom stereocenters. The molecule has 2 rings (SSSR count). The zero-order valence-corrected chi connectivity index (χ0v) is 13.0. The number of hydrogen-bond acceptors (Lipinski definition) is 3. The van der Waals surface area contributed by atoms with Crippen molar-refractivity contribution in [2.45, 2.75) is 12.8 Å². The van der Waals surface area contributed by atoms with Crippen molar-refractivity contribution in [2.75, 3.05) is 7.11 Å². The van der Waals surface area contributed by atoms with Gasteiger partial charge in [-0.3, -0.25) is 9.59 Å². The minimum absolute atomic E-state index is 0.0348. The van der Waals surface area contributed by atoms with Gasteiger partial charge in [-0.05, 0) is 35.2 Å². The van der Waals surface area contributed by atoms with Gasteiger partial charge >= 0.3 is 0 Å². The molecule has 0 aromatic heterocycles. The standard InChI is InChI=1S/C18H20N2O3/c1-23-16-4-2-3-14(10-16)13-7-5-12(6-8-13)9-15(18(20)22)11-17(19)21/h2-8,10,15H,9,11H2,1H3,(H2,19,21)(H2,20,22). The van der Waals surface area contributed by atoms with Crippen molar-refractivity contribution in [3.63, 3.8) is 0 Å². The molecule has 2 aromatic rings. The lowest BCUT2D eigenvalue weighted by Crippen LogP contribution is -2.29. The molecule has 2 amide bonds. The maximum Gasteiger partial charge on any atom is 0.221 e. The monoisotopic (exact) mass is 312 g/mol. The molecule has 0 aliphatic rings. The topological polar surface area (TPSA) is 95.4 Å². The van der Waals surface area contributed by atoms with Gasteiger partial charge in [0.15, 0.2) is 0 Å². The van der Waals surface area contributed by atoms with E-state index in [1.165, 1.54) is 0 Å². The fourth-order valence-electron chi connectivity index (χ4n) is 2.44. The van der Waals surface area contributed by atoms with Crippen LogP contribution < -0.4 is 16.2 Å². The second-order valence-electron chi connectivity index (χ2n) is 5.40. The third-order valence-electron chi connectivity index (χ3n) is 3.69. The Kier molecular flexibility index (Phi) is 5.36. The van der Waals surface area contributed by atoms with E-state index >= 15 is 0 Å². The van der Waals surface area contributed by atoms with Gasteiger partial charge in [0, 0.05) is 6.42 Å². The Morgan fingerprint density at radius 2 is 1.74 bits per heavy atom. The molecule has 120 valence electrons. The molecule has 0 saturated carbocycles. The predicted molar refractivity (Wildman–Crippen MR) is 88.6 cm³/mol. The number of ether oxygens (including phenoxy) is 1. The lowest BCUT2D eigenvalue weighted by Gasteiger charge is -2.12. The fourth-order valence-corrected chi connectivity index (χ4v) is 2.44. The number of carbonyl (C=O) groups excluding carboxylic acids is 2. The molecule has 2 aromatic carbocycles. The molecule has 4 N–H and O–H groups in total. The zero-order valence-electron chi connectivity index (χ0n) is 13.0. The van der Waals surface area contributed by atoms with Gasteiger partial charge in [0.25, 0.3) is 0 Å². The molecule has 0 spiro atoms. The number of methoxy groups -OCH3 is 1. The number of primary amides is 2. The van der Waals surface area contributed by atoms with Gasteiger partial charge in [-0.15, -0.1) is 0 Å².